The number of phenols is 1. The highest BCUT2D eigenvalue weighted by atomic mass is 16.5. The van der Waals surface area contributed by atoms with Gasteiger partial charge in [0.25, 0.3) is 0 Å². The van der Waals surface area contributed by atoms with E-state index in [1.807, 2.05) is 6.92 Å². The molecule has 1 aromatic carbocycles. The second-order valence-corrected chi connectivity index (χ2v) is 5.09. The average Bonchev–Trinajstić information content (AvgIpc) is 2.54. The molecule has 2 atom stereocenters. The first-order valence-corrected chi connectivity index (χ1v) is 7.73. The minimum atomic E-state index is -1.20. The molecule has 0 amide bonds. The van der Waals surface area contributed by atoms with Crippen molar-refractivity contribution in [1.29, 1.82) is 0 Å². The Morgan fingerprint density at radius 1 is 1.30 bits per heavy atom. The van der Waals surface area contributed by atoms with Gasteiger partial charge in [-0.15, -0.1) is 5.73 Å². The predicted octanol–water partition coefficient (Wildman–Crippen LogP) is 2.62. The number of carbonyl (C=O) groups is 1. The second kappa shape index (κ2) is 9.85. The number of aliphatic hydroxyl groups excluding tert-OH is 2. The van der Waals surface area contributed by atoms with E-state index in [0.29, 0.717) is 12.0 Å². The summed E-state index contributed by atoms with van der Waals surface area (Å²) in [6.45, 7) is 3.80. The van der Waals surface area contributed by atoms with Gasteiger partial charge in [0.1, 0.15) is 5.75 Å². The van der Waals surface area contributed by atoms with Crippen LogP contribution in [0.15, 0.2) is 41.6 Å². The molecule has 0 spiro atoms. The van der Waals surface area contributed by atoms with Crippen LogP contribution in [0.3, 0.4) is 0 Å². The smallest absolute Gasteiger partial charge is 0.335 e. The topological polar surface area (TPSA) is 87.0 Å². The van der Waals surface area contributed by atoms with E-state index in [1.54, 1.807) is 31.2 Å². The molecule has 23 heavy (non-hydrogen) atoms. The maximum absolute atomic E-state index is 11.4. The SMILES string of the molecule is CCOC(=O)[C@H](O)CC(=C=CC[C@@H](O)c1ccccc1O)CC. The van der Waals surface area contributed by atoms with Gasteiger partial charge in [-0.05, 0) is 31.1 Å². The van der Waals surface area contributed by atoms with Crippen LogP contribution in [0.1, 0.15) is 44.8 Å². The lowest BCUT2D eigenvalue weighted by Crippen LogP contribution is -2.23. The van der Waals surface area contributed by atoms with E-state index in [4.69, 9.17) is 4.74 Å². The summed E-state index contributed by atoms with van der Waals surface area (Å²) in [5.41, 5.74) is 4.21. The van der Waals surface area contributed by atoms with Gasteiger partial charge in [-0.25, -0.2) is 4.79 Å². The van der Waals surface area contributed by atoms with E-state index in [-0.39, 0.29) is 25.2 Å². The highest BCUT2D eigenvalue weighted by molar-refractivity contribution is 5.74. The molecule has 0 bridgehead atoms. The lowest BCUT2D eigenvalue weighted by atomic mass is 10.0. The van der Waals surface area contributed by atoms with Crippen molar-refractivity contribution in [2.24, 2.45) is 0 Å². The molecule has 0 unspecified atom stereocenters. The molecule has 5 nitrogen and oxygen atoms in total. The summed E-state index contributed by atoms with van der Waals surface area (Å²) in [5, 5.41) is 29.5. The van der Waals surface area contributed by atoms with Gasteiger partial charge in [0.15, 0.2) is 6.10 Å². The van der Waals surface area contributed by atoms with Crippen molar-refractivity contribution in [2.75, 3.05) is 6.61 Å². The number of esters is 1. The first-order chi connectivity index (χ1) is 11.0. The maximum Gasteiger partial charge on any atom is 0.335 e. The molecular formula is C18H24O5. The maximum atomic E-state index is 11.4. The van der Waals surface area contributed by atoms with Gasteiger partial charge in [0.2, 0.25) is 0 Å². The highest BCUT2D eigenvalue weighted by Crippen LogP contribution is 2.25. The molecule has 0 heterocycles. The summed E-state index contributed by atoms with van der Waals surface area (Å²) >= 11 is 0. The van der Waals surface area contributed by atoms with Crippen LogP contribution in [-0.4, -0.2) is 34.0 Å². The van der Waals surface area contributed by atoms with Crippen LogP contribution in [0, 0.1) is 0 Å². The van der Waals surface area contributed by atoms with Crippen molar-refractivity contribution >= 4 is 5.97 Å². The molecule has 0 radical (unpaired) electrons. The van der Waals surface area contributed by atoms with Crippen molar-refractivity contribution in [1.82, 2.24) is 0 Å². The fraction of sp³-hybridized carbons (Fsp3) is 0.444. The number of aromatic hydroxyl groups is 1. The van der Waals surface area contributed by atoms with Crippen LogP contribution in [0.25, 0.3) is 0 Å². The highest BCUT2D eigenvalue weighted by Gasteiger charge is 2.17. The quantitative estimate of drug-likeness (QED) is 0.506. The fourth-order valence-electron chi connectivity index (χ4n) is 2.07. The normalized spacial score (nSPS) is 12.9. The zero-order valence-electron chi connectivity index (χ0n) is 13.5. The van der Waals surface area contributed by atoms with Crippen LogP contribution in [-0.2, 0) is 9.53 Å². The van der Waals surface area contributed by atoms with Crippen LogP contribution in [0.2, 0.25) is 0 Å². The van der Waals surface area contributed by atoms with E-state index < -0.39 is 18.2 Å². The average molecular weight is 320 g/mol. The molecule has 0 aliphatic carbocycles. The first kappa shape index (κ1) is 19.0. The van der Waals surface area contributed by atoms with Gasteiger partial charge in [-0.1, -0.05) is 25.1 Å². The van der Waals surface area contributed by atoms with Gasteiger partial charge >= 0.3 is 5.97 Å². The number of aliphatic hydroxyl groups is 2. The summed E-state index contributed by atoms with van der Waals surface area (Å²) in [5.74, 6) is -0.597. The number of ether oxygens (including phenoxy) is 1. The Morgan fingerprint density at radius 2 is 2.00 bits per heavy atom. The third-order valence-corrected chi connectivity index (χ3v) is 3.37. The largest absolute Gasteiger partial charge is 0.508 e. The minimum absolute atomic E-state index is 0.0471. The van der Waals surface area contributed by atoms with E-state index >= 15 is 0 Å². The Hall–Kier alpha value is -2.07. The minimum Gasteiger partial charge on any atom is -0.508 e. The molecule has 5 heteroatoms. The molecule has 0 aliphatic rings. The third kappa shape index (κ3) is 6.28. The lowest BCUT2D eigenvalue weighted by Gasteiger charge is -2.10. The van der Waals surface area contributed by atoms with Gasteiger partial charge in [0.05, 0.1) is 12.7 Å². The van der Waals surface area contributed by atoms with Crippen LogP contribution in [0.4, 0.5) is 0 Å². The van der Waals surface area contributed by atoms with E-state index in [2.05, 4.69) is 5.73 Å². The molecule has 0 aromatic heterocycles. The number of benzene rings is 1. The Morgan fingerprint density at radius 3 is 2.61 bits per heavy atom. The van der Waals surface area contributed by atoms with E-state index in [0.717, 1.165) is 5.57 Å². The summed E-state index contributed by atoms with van der Waals surface area (Å²) in [6.07, 6.45) is 0.661. The predicted molar refractivity (Wildman–Crippen MR) is 86.8 cm³/mol. The van der Waals surface area contributed by atoms with Gasteiger partial charge in [0, 0.05) is 18.4 Å². The summed E-state index contributed by atoms with van der Waals surface area (Å²) in [6, 6.07) is 6.60. The zero-order valence-corrected chi connectivity index (χ0v) is 13.5. The molecule has 0 fully saturated rings. The second-order valence-electron chi connectivity index (χ2n) is 5.09. The lowest BCUT2D eigenvalue weighted by molar-refractivity contribution is -0.152. The Labute approximate surface area is 136 Å². The zero-order chi connectivity index (χ0) is 17.2. The van der Waals surface area contributed by atoms with Crippen molar-refractivity contribution in [2.45, 2.75) is 45.3 Å². The Bertz CT molecular complexity index is 573. The molecule has 126 valence electrons. The Kier molecular flexibility index (Phi) is 8.13. The number of carbonyl (C=O) groups excluding carboxylic acids is 1. The molecule has 0 aliphatic heterocycles. The summed E-state index contributed by atoms with van der Waals surface area (Å²) in [7, 11) is 0. The number of para-hydroxylation sites is 1. The van der Waals surface area contributed by atoms with Crippen LogP contribution >= 0.6 is 0 Å². The van der Waals surface area contributed by atoms with Crippen molar-refractivity contribution in [3.8, 4) is 5.75 Å². The third-order valence-electron chi connectivity index (χ3n) is 3.37. The molecular weight excluding hydrogens is 296 g/mol. The standard InChI is InChI=1S/C18H24O5/c1-3-13(12-17(21)18(22)23-4-2)8-7-11-16(20)14-9-5-6-10-15(14)19/h5-7,9-10,16-17,19-21H,3-4,11-12H2,1-2H3/t8?,16-,17-/m1/s1. The molecule has 0 saturated heterocycles. The number of rotatable bonds is 8. The van der Waals surface area contributed by atoms with Crippen molar-refractivity contribution in [3.63, 3.8) is 0 Å². The van der Waals surface area contributed by atoms with Crippen LogP contribution in [0.5, 0.6) is 5.75 Å². The van der Waals surface area contributed by atoms with Crippen molar-refractivity contribution < 1.29 is 24.9 Å². The molecule has 0 saturated carbocycles. The first-order valence-electron chi connectivity index (χ1n) is 7.73. The van der Waals surface area contributed by atoms with Gasteiger partial charge in [-0.2, -0.15) is 0 Å². The molecule has 1 rings (SSSR count). The van der Waals surface area contributed by atoms with Gasteiger partial charge < -0.3 is 20.1 Å². The van der Waals surface area contributed by atoms with Gasteiger partial charge in [-0.3, -0.25) is 0 Å². The summed E-state index contributed by atoms with van der Waals surface area (Å²) < 4.78 is 4.75. The molecule has 3 N–H and O–H groups in total. The number of hydrogen-bond acceptors (Lipinski definition) is 5. The van der Waals surface area contributed by atoms with Crippen LogP contribution < -0.4 is 0 Å². The van der Waals surface area contributed by atoms with E-state index in [1.165, 1.54) is 6.07 Å². The monoisotopic (exact) mass is 320 g/mol. The van der Waals surface area contributed by atoms with E-state index in [9.17, 15) is 20.1 Å². The number of hydrogen-bond donors (Lipinski definition) is 3. The summed E-state index contributed by atoms with van der Waals surface area (Å²) in [4.78, 5) is 11.4. The Balaban J connectivity index is 2.69. The number of phenolic OH excluding ortho intramolecular Hbond substituents is 1. The molecule has 1 aromatic rings. The fourth-order valence-corrected chi connectivity index (χ4v) is 2.07. The van der Waals surface area contributed by atoms with Crippen molar-refractivity contribution in [3.05, 3.63) is 47.2 Å².